The van der Waals surface area contributed by atoms with Crippen molar-refractivity contribution in [3.8, 4) is 0 Å². The summed E-state index contributed by atoms with van der Waals surface area (Å²) in [4.78, 5) is 36.3. The van der Waals surface area contributed by atoms with Gasteiger partial charge < -0.3 is 29.9 Å². The molecule has 3 N–H and O–H groups in total. The van der Waals surface area contributed by atoms with Crippen LogP contribution in [0.3, 0.4) is 0 Å². The molecule has 11 heteroatoms. The highest BCUT2D eigenvalue weighted by molar-refractivity contribution is 5.90. The Morgan fingerprint density at radius 2 is 1.56 bits per heavy atom. The number of aromatic nitrogens is 2. The van der Waals surface area contributed by atoms with E-state index < -0.39 is 12.3 Å². The number of anilines is 2. The second-order valence-electron chi connectivity index (χ2n) is 11.0. The number of carboxylic acids is 1. The van der Waals surface area contributed by atoms with Gasteiger partial charge in [0, 0.05) is 75.6 Å². The summed E-state index contributed by atoms with van der Waals surface area (Å²) in [6.45, 7) is 4.20. The molecule has 0 radical (unpaired) electrons. The summed E-state index contributed by atoms with van der Waals surface area (Å²) in [6, 6.07) is 17.1. The first-order valence-corrected chi connectivity index (χ1v) is 14.8. The average molecular weight is 590 g/mol. The minimum Gasteiger partial charge on any atom is -0.481 e. The molecule has 2 aliphatic rings. The quantitative estimate of drug-likeness (QED) is 0.267. The fourth-order valence-corrected chi connectivity index (χ4v) is 5.41. The molecule has 3 aromatic rings. The molecule has 5 rings (SSSR count). The van der Waals surface area contributed by atoms with Crippen molar-refractivity contribution in [1.82, 2.24) is 14.9 Å². The van der Waals surface area contributed by atoms with E-state index in [1.165, 1.54) is 0 Å². The van der Waals surface area contributed by atoms with Gasteiger partial charge in [-0.2, -0.15) is 0 Å². The number of benzene rings is 2. The third kappa shape index (κ3) is 8.80. The minimum atomic E-state index is -0.851. The number of amides is 1. The van der Waals surface area contributed by atoms with Crippen molar-refractivity contribution >= 4 is 23.5 Å². The Bertz CT molecular complexity index is 1320. The number of aliphatic carboxylic acids is 1. The second kappa shape index (κ2) is 15.0. The third-order valence-corrected chi connectivity index (χ3v) is 7.80. The number of carboxylic acid groups (broad SMARTS) is 1. The molecule has 0 bridgehead atoms. The van der Waals surface area contributed by atoms with Crippen molar-refractivity contribution in [2.75, 3.05) is 42.9 Å². The monoisotopic (exact) mass is 589 g/mol. The van der Waals surface area contributed by atoms with Gasteiger partial charge in [-0.1, -0.05) is 36.4 Å². The Hall–Kier alpha value is -3.90. The lowest BCUT2D eigenvalue weighted by molar-refractivity contribution is -0.253. The Morgan fingerprint density at radius 3 is 2.23 bits per heavy atom. The molecule has 3 heterocycles. The predicted octanol–water partition coefficient (Wildman–Crippen LogP) is 3.92. The molecule has 2 aliphatic heterocycles. The van der Waals surface area contributed by atoms with Gasteiger partial charge in [-0.15, -0.1) is 0 Å². The summed E-state index contributed by atoms with van der Waals surface area (Å²) >= 11 is 0. The number of nitrogens with one attached hydrogen (secondary N) is 1. The lowest BCUT2D eigenvalue weighted by Gasteiger charge is -2.40. The van der Waals surface area contributed by atoms with Gasteiger partial charge in [-0.05, 0) is 42.2 Å². The number of carbonyl (C=O) groups is 2. The van der Waals surface area contributed by atoms with Gasteiger partial charge >= 0.3 is 5.97 Å². The molecule has 2 saturated heterocycles. The Morgan fingerprint density at radius 1 is 0.884 bits per heavy atom. The SMILES string of the molecule is O=C(O)CCCCC(=O)Nc1ccc(C2OC(CN3CCN(c4ncccn4)CC3)CC(c3ccc(CO)cc3)O2)cc1. The summed E-state index contributed by atoms with van der Waals surface area (Å²) in [5, 5.41) is 21.1. The van der Waals surface area contributed by atoms with Crippen molar-refractivity contribution in [2.24, 2.45) is 0 Å². The van der Waals surface area contributed by atoms with Gasteiger partial charge in [0.05, 0.1) is 18.8 Å². The van der Waals surface area contributed by atoms with Crippen molar-refractivity contribution in [3.63, 3.8) is 0 Å². The zero-order chi connectivity index (χ0) is 30.0. The molecule has 3 atom stereocenters. The lowest BCUT2D eigenvalue weighted by Crippen LogP contribution is -2.50. The molecular weight excluding hydrogens is 550 g/mol. The largest absolute Gasteiger partial charge is 0.481 e. The van der Waals surface area contributed by atoms with Gasteiger partial charge in [-0.3, -0.25) is 14.5 Å². The summed E-state index contributed by atoms with van der Waals surface area (Å²) < 4.78 is 13.0. The Labute approximate surface area is 251 Å². The summed E-state index contributed by atoms with van der Waals surface area (Å²) in [5.74, 6) is -0.238. The molecule has 0 spiro atoms. The van der Waals surface area contributed by atoms with E-state index in [9.17, 15) is 14.7 Å². The van der Waals surface area contributed by atoms with Crippen LogP contribution in [0.5, 0.6) is 0 Å². The maximum absolute atomic E-state index is 12.3. The molecule has 1 amide bonds. The molecule has 228 valence electrons. The van der Waals surface area contributed by atoms with Crippen LogP contribution in [0.2, 0.25) is 0 Å². The van der Waals surface area contributed by atoms with Crippen LogP contribution in [-0.4, -0.2) is 75.8 Å². The number of hydrogen-bond donors (Lipinski definition) is 3. The molecule has 11 nitrogen and oxygen atoms in total. The molecule has 0 saturated carbocycles. The number of unbranched alkanes of at least 4 members (excludes halogenated alkanes) is 1. The standard InChI is InChI=1S/C32H39N5O6/c38-22-23-6-8-24(9-7-23)28-20-27(21-36-16-18-37(19-17-36)32-33-14-3-15-34-32)42-31(43-28)25-10-12-26(13-11-25)35-29(39)4-1-2-5-30(40)41/h3,6-15,27-28,31,38H,1-2,4-5,16-22H2,(H,35,39)(H,40,41). The second-order valence-corrected chi connectivity index (χ2v) is 11.0. The zero-order valence-electron chi connectivity index (χ0n) is 24.2. The fourth-order valence-electron chi connectivity index (χ4n) is 5.41. The van der Waals surface area contributed by atoms with E-state index in [0.717, 1.165) is 55.4 Å². The zero-order valence-corrected chi connectivity index (χ0v) is 24.2. The van der Waals surface area contributed by atoms with Crippen LogP contribution in [0.15, 0.2) is 67.0 Å². The Balaban J connectivity index is 1.22. The number of ether oxygens (including phenoxy) is 2. The molecule has 2 aromatic carbocycles. The first kappa shape index (κ1) is 30.6. The van der Waals surface area contributed by atoms with Crippen LogP contribution in [0, 0.1) is 0 Å². The van der Waals surface area contributed by atoms with Crippen molar-refractivity contribution < 1.29 is 29.3 Å². The van der Waals surface area contributed by atoms with E-state index in [1.807, 2.05) is 54.6 Å². The van der Waals surface area contributed by atoms with Gasteiger partial charge in [0.2, 0.25) is 11.9 Å². The van der Waals surface area contributed by atoms with Crippen LogP contribution in [0.25, 0.3) is 0 Å². The summed E-state index contributed by atoms with van der Waals surface area (Å²) in [5.41, 5.74) is 3.40. The molecule has 43 heavy (non-hydrogen) atoms. The highest BCUT2D eigenvalue weighted by Crippen LogP contribution is 2.38. The number of aliphatic hydroxyl groups excluding tert-OH is 1. The number of aliphatic hydroxyl groups is 1. The van der Waals surface area contributed by atoms with Crippen LogP contribution in [-0.2, 0) is 25.7 Å². The van der Waals surface area contributed by atoms with Crippen LogP contribution in [0.1, 0.15) is 61.2 Å². The van der Waals surface area contributed by atoms with Crippen LogP contribution < -0.4 is 10.2 Å². The number of rotatable bonds is 12. The maximum atomic E-state index is 12.3. The molecule has 1 aromatic heterocycles. The normalized spacial score (nSPS) is 21.0. The number of carbonyl (C=O) groups excluding carboxylic acids is 1. The maximum Gasteiger partial charge on any atom is 0.303 e. The van der Waals surface area contributed by atoms with E-state index in [2.05, 4.69) is 25.1 Å². The number of piperazine rings is 1. The van der Waals surface area contributed by atoms with Crippen molar-refractivity contribution in [1.29, 1.82) is 0 Å². The Kier molecular flexibility index (Phi) is 10.7. The van der Waals surface area contributed by atoms with Gasteiger partial charge in [0.1, 0.15) is 0 Å². The highest BCUT2D eigenvalue weighted by Gasteiger charge is 2.34. The smallest absolute Gasteiger partial charge is 0.303 e. The topological polar surface area (TPSA) is 137 Å². The molecule has 3 unspecified atom stereocenters. The van der Waals surface area contributed by atoms with E-state index in [4.69, 9.17) is 14.6 Å². The first-order chi connectivity index (χ1) is 21.0. The highest BCUT2D eigenvalue weighted by atomic mass is 16.7. The summed E-state index contributed by atoms with van der Waals surface area (Å²) in [6.07, 6.45) is 4.75. The van der Waals surface area contributed by atoms with Gasteiger partial charge in [0.15, 0.2) is 6.29 Å². The van der Waals surface area contributed by atoms with E-state index >= 15 is 0 Å². The van der Waals surface area contributed by atoms with Crippen molar-refractivity contribution in [3.05, 3.63) is 83.7 Å². The minimum absolute atomic E-state index is 0.00855. The van der Waals surface area contributed by atoms with Gasteiger partial charge in [0.25, 0.3) is 0 Å². The number of nitrogens with zero attached hydrogens (tertiary/aromatic N) is 4. The molecule has 2 fully saturated rings. The third-order valence-electron chi connectivity index (χ3n) is 7.80. The fraction of sp³-hybridized carbons (Fsp3) is 0.438. The van der Waals surface area contributed by atoms with E-state index in [1.54, 1.807) is 12.4 Å². The summed E-state index contributed by atoms with van der Waals surface area (Å²) in [7, 11) is 0. The molecular formula is C32H39N5O6. The van der Waals surface area contributed by atoms with Crippen LogP contribution in [0.4, 0.5) is 11.6 Å². The average Bonchev–Trinajstić information content (AvgIpc) is 3.04. The first-order valence-electron chi connectivity index (χ1n) is 14.8. The van der Waals surface area contributed by atoms with Gasteiger partial charge in [-0.25, -0.2) is 9.97 Å². The predicted molar refractivity (Wildman–Crippen MR) is 160 cm³/mol. The molecule has 0 aliphatic carbocycles. The lowest BCUT2D eigenvalue weighted by atomic mass is 9.99. The van der Waals surface area contributed by atoms with Crippen molar-refractivity contribution in [2.45, 2.75) is 57.2 Å². The van der Waals surface area contributed by atoms with Crippen LogP contribution >= 0.6 is 0 Å². The van der Waals surface area contributed by atoms with E-state index in [-0.39, 0.29) is 37.6 Å². The number of hydrogen-bond acceptors (Lipinski definition) is 9. The van der Waals surface area contributed by atoms with E-state index in [0.29, 0.717) is 24.9 Å².